The molecule has 2 rings (SSSR count). The Morgan fingerprint density at radius 2 is 2.22 bits per heavy atom. The molecule has 1 aliphatic heterocycles. The van der Waals surface area contributed by atoms with Crippen molar-refractivity contribution in [1.29, 1.82) is 0 Å². The minimum Gasteiger partial charge on any atom is -0.481 e. The van der Waals surface area contributed by atoms with Crippen LogP contribution in [-0.4, -0.2) is 36.9 Å². The van der Waals surface area contributed by atoms with Crippen LogP contribution >= 0.6 is 22.9 Å². The second-order valence-electron chi connectivity index (χ2n) is 4.51. The van der Waals surface area contributed by atoms with Gasteiger partial charge in [0.05, 0.1) is 9.75 Å². The molecule has 0 saturated carbocycles. The van der Waals surface area contributed by atoms with E-state index in [4.69, 9.17) is 16.7 Å². The molecule has 8 heteroatoms. The van der Waals surface area contributed by atoms with Crippen molar-refractivity contribution < 1.29 is 18.3 Å². The Kier molecular flexibility index (Phi) is 3.44. The van der Waals surface area contributed by atoms with Crippen LogP contribution < -0.4 is 0 Å². The Balaban J connectivity index is 2.27. The summed E-state index contributed by atoms with van der Waals surface area (Å²) >= 11 is 6.70. The summed E-state index contributed by atoms with van der Waals surface area (Å²) in [6.07, 6.45) is 0.320. The highest BCUT2D eigenvalue weighted by Gasteiger charge is 2.45. The Labute approximate surface area is 114 Å². The van der Waals surface area contributed by atoms with Crippen LogP contribution in [0, 0.1) is 5.41 Å². The lowest BCUT2D eigenvalue weighted by Crippen LogP contribution is -2.34. The molecule has 0 bridgehead atoms. The van der Waals surface area contributed by atoms with Crippen molar-refractivity contribution in [2.75, 3.05) is 13.1 Å². The largest absolute Gasteiger partial charge is 0.481 e. The SMILES string of the molecule is CC1(C(=O)O)CCN(S(=O)(=O)c2ccc(Cl)s2)C1. The number of hydrogen-bond acceptors (Lipinski definition) is 4. The summed E-state index contributed by atoms with van der Waals surface area (Å²) in [5, 5.41) is 9.09. The van der Waals surface area contributed by atoms with Crippen molar-refractivity contribution in [3.05, 3.63) is 16.5 Å². The summed E-state index contributed by atoms with van der Waals surface area (Å²) in [4.78, 5) is 11.1. The van der Waals surface area contributed by atoms with E-state index in [-0.39, 0.29) is 17.3 Å². The monoisotopic (exact) mass is 309 g/mol. The number of halogens is 1. The highest BCUT2D eigenvalue weighted by Crippen LogP contribution is 2.36. The molecule has 0 aromatic carbocycles. The fraction of sp³-hybridized carbons (Fsp3) is 0.500. The first-order chi connectivity index (χ1) is 8.25. The number of aliphatic carboxylic acids is 1. The molecule has 18 heavy (non-hydrogen) atoms. The second kappa shape index (κ2) is 4.48. The summed E-state index contributed by atoms with van der Waals surface area (Å²) in [5.41, 5.74) is -1.01. The van der Waals surface area contributed by atoms with E-state index >= 15 is 0 Å². The highest BCUT2D eigenvalue weighted by atomic mass is 35.5. The number of carbonyl (C=O) groups is 1. The van der Waals surface area contributed by atoms with E-state index in [0.29, 0.717) is 10.8 Å². The van der Waals surface area contributed by atoms with E-state index in [1.807, 2.05) is 0 Å². The lowest BCUT2D eigenvalue weighted by atomic mass is 9.90. The van der Waals surface area contributed by atoms with Gasteiger partial charge in [0.1, 0.15) is 4.21 Å². The van der Waals surface area contributed by atoms with E-state index in [1.54, 1.807) is 6.92 Å². The number of thiophene rings is 1. The van der Waals surface area contributed by atoms with Crippen LogP contribution in [0.1, 0.15) is 13.3 Å². The maximum absolute atomic E-state index is 12.2. The maximum Gasteiger partial charge on any atom is 0.310 e. The van der Waals surface area contributed by atoms with E-state index in [2.05, 4.69) is 0 Å². The van der Waals surface area contributed by atoms with Gasteiger partial charge in [-0.3, -0.25) is 4.79 Å². The van der Waals surface area contributed by atoms with Gasteiger partial charge >= 0.3 is 5.97 Å². The van der Waals surface area contributed by atoms with Crippen LogP contribution in [0.15, 0.2) is 16.3 Å². The molecule has 0 spiro atoms. The first kappa shape index (κ1) is 13.8. The standard InChI is InChI=1S/C10H12ClNO4S2/c1-10(9(13)14)4-5-12(6-10)18(15,16)8-3-2-7(11)17-8/h2-3H,4-6H2,1H3,(H,13,14). The van der Waals surface area contributed by atoms with Crippen molar-refractivity contribution >= 4 is 38.9 Å². The highest BCUT2D eigenvalue weighted by molar-refractivity contribution is 7.91. The predicted molar refractivity (Wildman–Crippen MR) is 68.4 cm³/mol. The summed E-state index contributed by atoms with van der Waals surface area (Å²) in [7, 11) is -3.62. The molecule has 1 aliphatic rings. The summed E-state index contributed by atoms with van der Waals surface area (Å²) in [6, 6.07) is 2.96. The number of carboxylic acid groups (broad SMARTS) is 1. The van der Waals surface area contributed by atoms with Crippen molar-refractivity contribution in [1.82, 2.24) is 4.31 Å². The van der Waals surface area contributed by atoms with Crippen LogP contribution in [0.4, 0.5) is 0 Å². The van der Waals surface area contributed by atoms with Gasteiger partial charge in [-0.1, -0.05) is 11.6 Å². The molecule has 5 nitrogen and oxygen atoms in total. The smallest absolute Gasteiger partial charge is 0.310 e. The first-order valence-corrected chi connectivity index (χ1v) is 7.88. The molecule has 1 fully saturated rings. The van der Waals surface area contributed by atoms with Crippen LogP contribution in [0.5, 0.6) is 0 Å². The molecule has 1 N–H and O–H groups in total. The number of hydrogen-bond donors (Lipinski definition) is 1. The molecule has 2 heterocycles. The number of rotatable bonds is 3. The Bertz CT molecular complexity index is 582. The molecule has 0 aliphatic carbocycles. The summed E-state index contributed by atoms with van der Waals surface area (Å²) in [5.74, 6) is -0.968. The number of nitrogens with zero attached hydrogens (tertiary/aromatic N) is 1. The quantitative estimate of drug-likeness (QED) is 0.925. The third-order valence-corrected chi connectivity index (χ3v) is 6.64. The van der Waals surface area contributed by atoms with Crippen molar-refractivity contribution in [2.24, 2.45) is 5.41 Å². The predicted octanol–water partition coefficient (Wildman–Crippen LogP) is 1.89. The molecule has 1 atom stereocenters. The van der Waals surface area contributed by atoms with Gasteiger partial charge in [-0.15, -0.1) is 11.3 Å². The van der Waals surface area contributed by atoms with Gasteiger partial charge in [-0.25, -0.2) is 8.42 Å². The third kappa shape index (κ3) is 2.27. The molecule has 1 aromatic heterocycles. The van der Waals surface area contributed by atoms with Gasteiger partial charge in [0.2, 0.25) is 0 Å². The zero-order valence-electron chi connectivity index (χ0n) is 9.59. The van der Waals surface area contributed by atoms with Crippen LogP contribution in [0.3, 0.4) is 0 Å². The average molecular weight is 310 g/mol. The third-order valence-electron chi connectivity index (χ3n) is 3.10. The second-order valence-corrected chi connectivity index (χ2v) is 8.39. The zero-order chi connectivity index (χ0) is 13.6. The summed E-state index contributed by atoms with van der Waals surface area (Å²) < 4.78 is 26.2. The lowest BCUT2D eigenvalue weighted by Gasteiger charge is -2.19. The molecule has 1 unspecified atom stereocenters. The molecular formula is C10H12ClNO4S2. The van der Waals surface area contributed by atoms with Crippen molar-refractivity contribution in [2.45, 2.75) is 17.6 Å². The van der Waals surface area contributed by atoms with Gasteiger partial charge in [0, 0.05) is 13.1 Å². The normalized spacial score (nSPS) is 25.4. The molecule has 100 valence electrons. The molecule has 1 saturated heterocycles. The van der Waals surface area contributed by atoms with Gasteiger partial charge in [0.15, 0.2) is 0 Å². The van der Waals surface area contributed by atoms with E-state index < -0.39 is 21.4 Å². The lowest BCUT2D eigenvalue weighted by molar-refractivity contribution is -0.146. The van der Waals surface area contributed by atoms with Gasteiger partial charge in [-0.05, 0) is 25.5 Å². The Morgan fingerprint density at radius 1 is 1.56 bits per heavy atom. The van der Waals surface area contributed by atoms with Crippen LogP contribution in [0.2, 0.25) is 4.34 Å². The molecule has 0 radical (unpaired) electrons. The van der Waals surface area contributed by atoms with Crippen LogP contribution in [-0.2, 0) is 14.8 Å². The molecule has 0 amide bonds. The van der Waals surface area contributed by atoms with Crippen LogP contribution in [0.25, 0.3) is 0 Å². The number of sulfonamides is 1. The Hall–Kier alpha value is -0.630. The maximum atomic E-state index is 12.2. The van der Waals surface area contributed by atoms with E-state index in [9.17, 15) is 13.2 Å². The topological polar surface area (TPSA) is 74.7 Å². The zero-order valence-corrected chi connectivity index (χ0v) is 12.0. The van der Waals surface area contributed by atoms with Crippen molar-refractivity contribution in [3.8, 4) is 0 Å². The van der Waals surface area contributed by atoms with E-state index in [1.165, 1.54) is 16.4 Å². The van der Waals surface area contributed by atoms with Gasteiger partial charge < -0.3 is 5.11 Å². The van der Waals surface area contributed by atoms with Gasteiger partial charge in [0.25, 0.3) is 10.0 Å². The average Bonchev–Trinajstić information content (AvgIpc) is 2.86. The fourth-order valence-corrected chi connectivity index (χ4v) is 5.06. The van der Waals surface area contributed by atoms with E-state index in [0.717, 1.165) is 11.3 Å². The summed E-state index contributed by atoms with van der Waals surface area (Å²) in [6.45, 7) is 1.78. The minimum atomic E-state index is -3.62. The fourth-order valence-electron chi connectivity index (χ4n) is 1.86. The first-order valence-electron chi connectivity index (χ1n) is 5.25. The molecular weight excluding hydrogens is 298 g/mol. The van der Waals surface area contributed by atoms with Crippen molar-refractivity contribution in [3.63, 3.8) is 0 Å². The molecule has 1 aromatic rings. The minimum absolute atomic E-state index is 0.000184. The Morgan fingerprint density at radius 3 is 2.67 bits per heavy atom. The number of carboxylic acids is 1. The van der Waals surface area contributed by atoms with Gasteiger partial charge in [-0.2, -0.15) is 4.31 Å².